The van der Waals surface area contributed by atoms with Gasteiger partial charge in [0.2, 0.25) is 0 Å². The highest BCUT2D eigenvalue weighted by Gasteiger charge is 2.07. The van der Waals surface area contributed by atoms with E-state index in [9.17, 15) is 4.79 Å². The summed E-state index contributed by atoms with van der Waals surface area (Å²) in [7, 11) is 0. The lowest BCUT2D eigenvalue weighted by atomic mass is 10.3. The molecule has 0 spiro atoms. The van der Waals surface area contributed by atoms with E-state index in [1.54, 1.807) is 24.5 Å². The predicted molar refractivity (Wildman–Crippen MR) is 65.4 cm³/mol. The van der Waals surface area contributed by atoms with Gasteiger partial charge in [0, 0.05) is 28.2 Å². The summed E-state index contributed by atoms with van der Waals surface area (Å²) in [5.74, 6) is -0.170. The van der Waals surface area contributed by atoms with Gasteiger partial charge in [0.25, 0.3) is 5.91 Å². The number of hydrogen-bond donors (Lipinski definition) is 2. The largest absolute Gasteiger partial charge is 0.356 e. The lowest BCUT2D eigenvalue weighted by molar-refractivity contribution is 0.102. The first-order valence-corrected chi connectivity index (χ1v) is 5.52. The lowest BCUT2D eigenvalue weighted by Gasteiger charge is -2.03. The molecule has 0 saturated carbocycles. The third-order valence-electron chi connectivity index (χ3n) is 2.05. The number of carbonyl (C=O) groups excluding carboxylic acids is 1. The molecule has 2 rings (SSSR count). The molecule has 82 valence electrons. The van der Waals surface area contributed by atoms with Gasteiger partial charge in [-0.2, -0.15) is 0 Å². The summed E-state index contributed by atoms with van der Waals surface area (Å²) in [6.45, 7) is 1.88. The van der Waals surface area contributed by atoms with Gasteiger partial charge in [-0.1, -0.05) is 0 Å². The molecule has 0 fully saturated rings. The first-order valence-electron chi connectivity index (χ1n) is 4.73. The molecule has 0 aromatic carbocycles. The summed E-state index contributed by atoms with van der Waals surface area (Å²) in [6.07, 6.45) is 3.38. The number of anilines is 1. The fourth-order valence-electron chi connectivity index (χ4n) is 1.32. The number of aromatic amines is 1. The fourth-order valence-corrected chi connectivity index (χ4v) is 1.66. The van der Waals surface area contributed by atoms with E-state index in [2.05, 4.69) is 31.2 Å². The number of nitrogens with one attached hydrogen (secondary N) is 2. The minimum absolute atomic E-state index is 0.170. The number of rotatable bonds is 2. The first kappa shape index (κ1) is 10.9. The van der Waals surface area contributed by atoms with Crippen LogP contribution in [0.15, 0.2) is 35.1 Å². The Morgan fingerprint density at radius 3 is 2.94 bits per heavy atom. The molecular weight excluding hydrogens is 270 g/mol. The van der Waals surface area contributed by atoms with Crippen LogP contribution in [0.1, 0.15) is 16.2 Å². The Bertz CT molecular complexity index is 521. The second-order valence-electron chi connectivity index (χ2n) is 3.37. The van der Waals surface area contributed by atoms with Crippen molar-refractivity contribution in [3.8, 4) is 0 Å². The molecule has 4 nitrogen and oxygen atoms in total. The molecule has 5 heteroatoms. The van der Waals surface area contributed by atoms with Crippen molar-refractivity contribution >= 4 is 27.5 Å². The summed E-state index contributed by atoms with van der Waals surface area (Å²) in [5, 5.41) is 2.78. The summed E-state index contributed by atoms with van der Waals surface area (Å²) < 4.78 is 0.851. The SMILES string of the molecule is Cc1cc(NC(=O)c2cc(Br)c[nH]2)ccn1. The maximum atomic E-state index is 11.8. The smallest absolute Gasteiger partial charge is 0.272 e. The van der Waals surface area contributed by atoms with Gasteiger partial charge in [0.05, 0.1) is 0 Å². The molecule has 16 heavy (non-hydrogen) atoms. The van der Waals surface area contributed by atoms with E-state index >= 15 is 0 Å². The first-order chi connectivity index (χ1) is 7.65. The maximum Gasteiger partial charge on any atom is 0.272 e. The highest BCUT2D eigenvalue weighted by molar-refractivity contribution is 9.10. The van der Waals surface area contributed by atoms with Gasteiger partial charge < -0.3 is 10.3 Å². The molecular formula is C11H10BrN3O. The number of pyridine rings is 1. The molecule has 0 aliphatic carbocycles. The highest BCUT2D eigenvalue weighted by Crippen LogP contribution is 2.13. The maximum absolute atomic E-state index is 11.8. The average molecular weight is 280 g/mol. The summed E-state index contributed by atoms with van der Waals surface area (Å²) in [4.78, 5) is 18.7. The third-order valence-corrected chi connectivity index (χ3v) is 2.50. The molecule has 2 heterocycles. The highest BCUT2D eigenvalue weighted by atomic mass is 79.9. The molecule has 2 aromatic rings. The Morgan fingerprint density at radius 2 is 2.31 bits per heavy atom. The zero-order valence-corrected chi connectivity index (χ0v) is 10.2. The van der Waals surface area contributed by atoms with Gasteiger partial charge in [-0.3, -0.25) is 9.78 Å². The molecule has 0 aliphatic heterocycles. The van der Waals surface area contributed by atoms with Crippen LogP contribution in [-0.2, 0) is 0 Å². The van der Waals surface area contributed by atoms with Crippen molar-refractivity contribution in [2.24, 2.45) is 0 Å². The monoisotopic (exact) mass is 279 g/mol. The van der Waals surface area contributed by atoms with Crippen molar-refractivity contribution in [1.82, 2.24) is 9.97 Å². The van der Waals surface area contributed by atoms with Crippen LogP contribution in [0, 0.1) is 6.92 Å². The predicted octanol–water partition coefficient (Wildman–Crippen LogP) is 2.73. The number of aromatic nitrogens is 2. The van der Waals surface area contributed by atoms with E-state index in [-0.39, 0.29) is 5.91 Å². The van der Waals surface area contributed by atoms with Crippen molar-refractivity contribution in [1.29, 1.82) is 0 Å². The van der Waals surface area contributed by atoms with Crippen LogP contribution in [-0.4, -0.2) is 15.9 Å². The van der Waals surface area contributed by atoms with Crippen LogP contribution in [0.2, 0.25) is 0 Å². The van der Waals surface area contributed by atoms with E-state index in [4.69, 9.17) is 0 Å². The number of carbonyl (C=O) groups is 1. The van der Waals surface area contributed by atoms with Gasteiger partial charge in [0.1, 0.15) is 5.69 Å². The second kappa shape index (κ2) is 4.49. The van der Waals surface area contributed by atoms with E-state index < -0.39 is 0 Å². The summed E-state index contributed by atoms with van der Waals surface area (Å²) in [5.41, 5.74) is 2.12. The van der Waals surface area contributed by atoms with Gasteiger partial charge in [-0.05, 0) is 41.1 Å². The number of amides is 1. The van der Waals surface area contributed by atoms with Crippen LogP contribution in [0.4, 0.5) is 5.69 Å². The molecule has 0 radical (unpaired) electrons. The molecule has 2 aromatic heterocycles. The molecule has 0 saturated heterocycles. The number of hydrogen-bond acceptors (Lipinski definition) is 2. The summed E-state index contributed by atoms with van der Waals surface area (Å²) >= 11 is 3.28. The van der Waals surface area contributed by atoms with E-state index in [1.807, 2.05) is 13.0 Å². The molecule has 1 amide bonds. The molecule has 2 N–H and O–H groups in total. The molecule has 0 aliphatic rings. The van der Waals surface area contributed by atoms with Crippen molar-refractivity contribution in [3.05, 3.63) is 46.5 Å². The fraction of sp³-hybridized carbons (Fsp3) is 0.0909. The van der Waals surface area contributed by atoms with Gasteiger partial charge in [-0.25, -0.2) is 0 Å². The quantitative estimate of drug-likeness (QED) is 0.888. The zero-order chi connectivity index (χ0) is 11.5. The molecule has 0 atom stereocenters. The van der Waals surface area contributed by atoms with Crippen LogP contribution in [0.5, 0.6) is 0 Å². The summed E-state index contributed by atoms with van der Waals surface area (Å²) in [6, 6.07) is 5.29. The lowest BCUT2D eigenvalue weighted by Crippen LogP contribution is -2.12. The van der Waals surface area contributed by atoms with Crippen LogP contribution >= 0.6 is 15.9 Å². The Morgan fingerprint density at radius 1 is 1.50 bits per heavy atom. The van der Waals surface area contributed by atoms with Crippen molar-refractivity contribution in [2.45, 2.75) is 6.92 Å². The van der Waals surface area contributed by atoms with Crippen LogP contribution in [0.3, 0.4) is 0 Å². The number of nitrogens with zero attached hydrogens (tertiary/aromatic N) is 1. The van der Waals surface area contributed by atoms with Crippen molar-refractivity contribution in [2.75, 3.05) is 5.32 Å². The Labute approximate surface area is 101 Å². The normalized spacial score (nSPS) is 10.1. The second-order valence-corrected chi connectivity index (χ2v) is 4.29. The Kier molecular flexibility index (Phi) is 3.05. The minimum Gasteiger partial charge on any atom is -0.356 e. The van der Waals surface area contributed by atoms with Crippen LogP contribution in [0.25, 0.3) is 0 Å². The van der Waals surface area contributed by atoms with Crippen molar-refractivity contribution < 1.29 is 4.79 Å². The standard InChI is InChI=1S/C11H10BrN3O/c1-7-4-9(2-3-13-7)15-11(16)10-5-8(12)6-14-10/h2-6,14H,1H3,(H,13,15,16). The topological polar surface area (TPSA) is 57.8 Å². The molecule has 0 unspecified atom stereocenters. The average Bonchev–Trinajstić information content (AvgIpc) is 2.65. The molecule has 0 bridgehead atoms. The van der Waals surface area contributed by atoms with E-state index in [0.717, 1.165) is 15.9 Å². The number of aryl methyl sites for hydroxylation is 1. The number of halogens is 1. The van der Waals surface area contributed by atoms with Gasteiger partial charge in [-0.15, -0.1) is 0 Å². The van der Waals surface area contributed by atoms with Gasteiger partial charge in [0.15, 0.2) is 0 Å². The Hall–Kier alpha value is -1.62. The van der Waals surface area contributed by atoms with E-state index in [0.29, 0.717) is 5.69 Å². The Balaban J connectivity index is 2.13. The third kappa shape index (κ3) is 2.49. The minimum atomic E-state index is -0.170. The van der Waals surface area contributed by atoms with Crippen molar-refractivity contribution in [3.63, 3.8) is 0 Å². The zero-order valence-electron chi connectivity index (χ0n) is 8.62. The van der Waals surface area contributed by atoms with Gasteiger partial charge >= 0.3 is 0 Å². The van der Waals surface area contributed by atoms with Crippen LogP contribution < -0.4 is 5.32 Å². The number of H-pyrrole nitrogens is 1. The van der Waals surface area contributed by atoms with E-state index in [1.165, 1.54) is 0 Å².